The Kier molecular flexibility index (Phi) is 1.85. The van der Waals surface area contributed by atoms with Crippen molar-refractivity contribution >= 4 is 16.6 Å². The average Bonchev–Trinajstić information content (AvgIpc) is 2.16. The Labute approximate surface area is 78.2 Å². The molecule has 2 aromatic rings. The molecule has 1 aromatic carbocycles. The molecule has 0 unspecified atom stereocenters. The standard InChI is InChI=1S/C9H5FN2O2/c10-9-4-1-6-5-7(12(13)14)2-3-8(6)11-9/h1-5H. The lowest BCUT2D eigenvalue weighted by atomic mass is 10.2. The molecule has 0 fully saturated rings. The van der Waals surface area contributed by atoms with Crippen LogP contribution in [0.2, 0.25) is 0 Å². The lowest BCUT2D eigenvalue weighted by Gasteiger charge is -1.96. The molecule has 0 saturated heterocycles. The summed E-state index contributed by atoms with van der Waals surface area (Å²) in [5.41, 5.74) is 0.390. The molecule has 5 heteroatoms. The van der Waals surface area contributed by atoms with Crippen LogP contribution in [-0.4, -0.2) is 9.91 Å². The fourth-order valence-electron chi connectivity index (χ4n) is 1.20. The van der Waals surface area contributed by atoms with Gasteiger partial charge in [-0.15, -0.1) is 0 Å². The smallest absolute Gasteiger partial charge is 0.258 e. The van der Waals surface area contributed by atoms with Crippen LogP contribution in [0.4, 0.5) is 10.1 Å². The minimum atomic E-state index is -0.591. The van der Waals surface area contributed by atoms with Crippen LogP contribution in [-0.2, 0) is 0 Å². The number of rotatable bonds is 1. The summed E-state index contributed by atoms with van der Waals surface area (Å²) in [6, 6.07) is 6.73. The number of nitrogens with zero attached hydrogens (tertiary/aromatic N) is 2. The van der Waals surface area contributed by atoms with E-state index in [0.717, 1.165) is 0 Å². The lowest BCUT2D eigenvalue weighted by molar-refractivity contribution is -0.384. The second-order valence-corrected chi connectivity index (χ2v) is 2.77. The number of halogens is 1. The maximum absolute atomic E-state index is 12.7. The normalized spacial score (nSPS) is 10.4. The summed E-state index contributed by atoms with van der Waals surface area (Å²) in [6.45, 7) is 0. The molecule has 2 rings (SSSR count). The number of nitro groups is 1. The third kappa shape index (κ3) is 1.39. The molecule has 0 aliphatic rings. The van der Waals surface area contributed by atoms with Crippen molar-refractivity contribution in [2.45, 2.75) is 0 Å². The van der Waals surface area contributed by atoms with E-state index in [-0.39, 0.29) is 5.69 Å². The Morgan fingerprint density at radius 1 is 1.29 bits per heavy atom. The number of aromatic nitrogens is 1. The van der Waals surface area contributed by atoms with Crippen LogP contribution in [0.5, 0.6) is 0 Å². The molecule has 0 bridgehead atoms. The van der Waals surface area contributed by atoms with Crippen LogP contribution in [0.3, 0.4) is 0 Å². The molecule has 0 N–H and O–H groups in total. The van der Waals surface area contributed by atoms with Crippen molar-refractivity contribution in [3.63, 3.8) is 0 Å². The number of hydrogen-bond acceptors (Lipinski definition) is 3. The van der Waals surface area contributed by atoms with Crippen molar-refractivity contribution in [1.82, 2.24) is 4.98 Å². The zero-order chi connectivity index (χ0) is 10.1. The van der Waals surface area contributed by atoms with Crippen LogP contribution in [0.15, 0.2) is 30.3 Å². The largest absolute Gasteiger partial charge is 0.270 e. The first kappa shape index (κ1) is 8.55. The Balaban J connectivity index is 2.67. The van der Waals surface area contributed by atoms with Gasteiger partial charge in [0.1, 0.15) is 0 Å². The van der Waals surface area contributed by atoms with Crippen molar-refractivity contribution < 1.29 is 9.31 Å². The third-order valence-corrected chi connectivity index (χ3v) is 1.85. The van der Waals surface area contributed by atoms with Crippen LogP contribution in [0.25, 0.3) is 10.9 Å². The van der Waals surface area contributed by atoms with Crippen LogP contribution < -0.4 is 0 Å². The highest BCUT2D eigenvalue weighted by Gasteiger charge is 2.06. The molecule has 1 heterocycles. The number of hydrogen-bond donors (Lipinski definition) is 0. The van der Waals surface area contributed by atoms with E-state index in [0.29, 0.717) is 10.9 Å². The summed E-state index contributed by atoms with van der Waals surface area (Å²) < 4.78 is 12.7. The lowest BCUT2D eigenvalue weighted by Crippen LogP contribution is -1.89. The quantitative estimate of drug-likeness (QED) is 0.395. The number of nitro benzene ring substituents is 1. The van der Waals surface area contributed by atoms with Gasteiger partial charge < -0.3 is 0 Å². The van der Waals surface area contributed by atoms with E-state index in [1.807, 2.05) is 0 Å². The molecule has 0 saturated carbocycles. The van der Waals surface area contributed by atoms with E-state index in [1.54, 1.807) is 0 Å². The Morgan fingerprint density at radius 2 is 2.07 bits per heavy atom. The number of benzene rings is 1. The van der Waals surface area contributed by atoms with E-state index in [1.165, 1.54) is 30.3 Å². The predicted molar refractivity (Wildman–Crippen MR) is 48.4 cm³/mol. The molecule has 4 nitrogen and oxygen atoms in total. The van der Waals surface area contributed by atoms with E-state index in [9.17, 15) is 14.5 Å². The number of non-ortho nitro benzene ring substituents is 1. The summed E-state index contributed by atoms with van der Waals surface area (Å²) in [4.78, 5) is 13.5. The highest BCUT2D eigenvalue weighted by Crippen LogP contribution is 2.19. The Morgan fingerprint density at radius 3 is 2.79 bits per heavy atom. The second-order valence-electron chi connectivity index (χ2n) is 2.77. The van der Waals surface area contributed by atoms with Gasteiger partial charge in [0.15, 0.2) is 0 Å². The molecule has 0 aliphatic carbocycles. The molecule has 0 amide bonds. The van der Waals surface area contributed by atoms with Gasteiger partial charge in [-0.3, -0.25) is 10.1 Å². The highest BCUT2D eigenvalue weighted by atomic mass is 19.1. The molecule has 14 heavy (non-hydrogen) atoms. The van der Waals surface area contributed by atoms with Gasteiger partial charge >= 0.3 is 0 Å². The van der Waals surface area contributed by atoms with Crippen molar-refractivity contribution in [1.29, 1.82) is 0 Å². The summed E-state index contributed by atoms with van der Waals surface area (Å²) in [7, 11) is 0. The molecular formula is C9H5FN2O2. The summed E-state index contributed by atoms with van der Waals surface area (Å²) in [5.74, 6) is -0.591. The van der Waals surface area contributed by atoms with Crippen molar-refractivity contribution in [2.24, 2.45) is 0 Å². The molecule has 0 atom stereocenters. The Bertz CT molecular complexity index is 513. The predicted octanol–water partition coefficient (Wildman–Crippen LogP) is 2.28. The molecule has 70 valence electrons. The van der Waals surface area contributed by atoms with E-state index in [2.05, 4.69) is 4.98 Å². The molecular weight excluding hydrogens is 187 g/mol. The van der Waals surface area contributed by atoms with Gasteiger partial charge in [0.2, 0.25) is 5.95 Å². The SMILES string of the molecule is O=[N+]([O-])c1ccc2nc(F)ccc2c1. The maximum Gasteiger partial charge on any atom is 0.270 e. The topological polar surface area (TPSA) is 56.0 Å². The monoisotopic (exact) mass is 192 g/mol. The maximum atomic E-state index is 12.7. The molecule has 1 aromatic heterocycles. The van der Waals surface area contributed by atoms with Crippen molar-refractivity contribution in [3.05, 3.63) is 46.4 Å². The molecule has 0 aliphatic heterocycles. The van der Waals surface area contributed by atoms with Gasteiger partial charge in [0.25, 0.3) is 5.69 Å². The molecule has 0 radical (unpaired) electrons. The second kappa shape index (κ2) is 3.02. The number of fused-ring (bicyclic) bond motifs is 1. The van der Waals surface area contributed by atoms with Gasteiger partial charge in [-0.2, -0.15) is 4.39 Å². The molecule has 0 spiro atoms. The van der Waals surface area contributed by atoms with Crippen LogP contribution in [0.1, 0.15) is 0 Å². The zero-order valence-electron chi connectivity index (χ0n) is 6.98. The first-order chi connectivity index (χ1) is 6.66. The fourth-order valence-corrected chi connectivity index (χ4v) is 1.20. The van der Waals surface area contributed by atoms with Crippen LogP contribution >= 0.6 is 0 Å². The van der Waals surface area contributed by atoms with Gasteiger partial charge in [-0.05, 0) is 18.2 Å². The number of pyridine rings is 1. The van der Waals surface area contributed by atoms with E-state index < -0.39 is 10.9 Å². The zero-order valence-corrected chi connectivity index (χ0v) is 6.98. The fraction of sp³-hybridized carbons (Fsp3) is 0. The highest BCUT2D eigenvalue weighted by molar-refractivity contribution is 5.80. The van der Waals surface area contributed by atoms with Crippen LogP contribution in [0, 0.1) is 16.1 Å². The average molecular weight is 192 g/mol. The summed E-state index contributed by atoms with van der Waals surface area (Å²) in [5, 5.41) is 11.0. The van der Waals surface area contributed by atoms with E-state index in [4.69, 9.17) is 0 Å². The van der Waals surface area contributed by atoms with Gasteiger partial charge in [0.05, 0.1) is 10.4 Å². The first-order valence-electron chi connectivity index (χ1n) is 3.87. The van der Waals surface area contributed by atoms with Crippen molar-refractivity contribution in [3.8, 4) is 0 Å². The Hall–Kier alpha value is -2.04. The minimum Gasteiger partial charge on any atom is -0.258 e. The summed E-state index contributed by atoms with van der Waals surface area (Å²) >= 11 is 0. The minimum absolute atomic E-state index is 0.0223. The van der Waals surface area contributed by atoms with Gasteiger partial charge in [-0.1, -0.05) is 0 Å². The van der Waals surface area contributed by atoms with Crippen molar-refractivity contribution in [2.75, 3.05) is 0 Å². The van der Waals surface area contributed by atoms with Gasteiger partial charge in [-0.25, -0.2) is 4.98 Å². The summed E-state index contributed by atoms with van der Waals surface area (Å²) in [6.07, 6.45) is 0. The van der Waals surface area contributed by atoms with Gasteiger partial charge in [0, 0.05) is 17.5 Å². The third-order valence-electron chi connectivity index (χ3n) is 1.85. The first-order valence-corrected chi connectivity index (χ1v) is 3.87. The van der Waals surface area contributed by atoms with E-state index >= 15 is 0 Å².